The van der Waals surface area contributed by atoms with E-state index in [-0.39, 0.29) is 62.7 Å². The summed E-state index contributed by atoms with van der Waals surface area (Å²) in [6.07, 6.45) is 10.8. The maximum atomic E-state index is 13.6. The molecule has 1 aliphatic heterocycles. The topological polar surface area (TPSA) is 133 Å². The number of aliphatic hydroxyl groups is 1. The van der Waals surface area contributed by atoms with Crippen molar-refractivity contribution in [2.45, 2.75) is 157 Å². The van der Waals surface area contributed by atoms with E-state index >= 15 is 0 Å². The molecule has 0 aromatic carbocycles. The Hall–Kier alpha value is -1.49. The van der Waals surface area contributed by atoms with Gasteiger partial charge in [-0.25, -0.2) is 8.42 Å². The van der Waals surface area contributed by atoms with Crippen molar-refractivity contribution >= 4 is 21.8 Å². The van der Waals surface area contributed by atoms with Crippen LogP contribution >= 0.6 is 0 Å². The van der Waals surface area contributed by atoms with Crippen molar-refractivity contribution in [3.05, 3.63) is 12.2 Å². The van der Waals surface area contributed by atoms with E-state index in [1.165, 1.54) is 31.3 Å². The van der Waals surface area contributed by atoms with Crippen molar-refractivity contribution < 1.29 is 33.0 Å². The van der Waals surface area contributed by atoms with Gasteiger partial charge in [0.25, 0.3) is 0 Å². The zero-order valence-electron chi connectivity index (χ0n) is 35.6. The summed E-state index contributed by atoms with van der Waals surface area (Å²) in [4.78, 5) is 27.6. The molecule has 0 spiro atoms. The quantitative estimate of drug-likeness (QED) is 0.165. The minimum absolute atomic E-state index is 0.0174. The maximum Gasteiger partial charge on any atom is 0.309 e. The van der Waals surface area contributed by atoms with Crippen LogP contribution in [0.25, 0.3) is 0 Å². The van der Waals surface area contributed by atoms with Crippen LogP contribution in [0.1, 0.15) is 133 Å². The standard InChI is InChI=1S/C45H74N2O7S/c1-27(2)29-13-18-45(46-26-33(28(3)48)47-21-23-55(52,53)24-22-47)20-19-43(9)30(37(29)45)11-12-35-42(8)16-15-36(41(6,7)34(42)14-17-44(35,43)10)54-39(51)32-25-31(38(49)50)40(32,4)5/h28-37,46,48H,1,11-26H2,2-10H3,(H,49,50)/t28-,29-,30+,31+,32-,33+,34-,35+,36-,37+,42-,43+,44+,45-/m0/s1. The molecule has 14 atom stereocenters. The maximum absolute atomic E-state index is 13.6. The molecule has 7 fully saturated rings. The second-order valence-electron chi connectivity index (χ2n) is 22.0. The number of aliphatic hydroxyl groups excluding tert-OH is 1. The number of rotatable bonds is 9. The molecule has 9 nitrogen and oxygen atoms in total. The van der Waals surface area contributed by atoms with Crippen molar-refractivity contribution in [3.8, 4) is 0 Å². The van der Waals surface area contributed by atoms with Gasteiger partial charge in [-0.15, -0.1) is 0 Å². The normalized spacial score (nSPS) is 46.7. The monoisotopic (exact) mass is 787 g/mol. The van der Waals surface area contributed by atoms with Crippen LogP contribution in [0.3, 0.4) is 0 Å². The number of sulfone groups is 1. The van der Waals surface area contributed by atoms with Crippen molar-refractivity contribution in [2.24, 2.45) is 68.5 Å². The first-order valence-corrected chi connectivity index (χ1v) is 23.7. The number of hydrogen-bond donors (Lipinski definition) is 3. The molecule has 3 N–H and O–H groups in total. The molecule has 6 aliphatic carbocycles. The Morgan fingerprint density at radius 2 is 1.53 bits per heavy atom. The first kappa shape index (κ1) is 41.7. The third-order valence-electron chi connectivity index (χ3n) is 19.2. The Bertz CT molecular complexity index is 1640. The fourth-order valence-electron chi connectivity index (χ4n) is 15.6. The Morgan fingerprint density at radius 3 is 2.13 bits per heavy atom. The summed E-state index contributed by atoms with van der Waals surface area (Å²) >= 11 is 0. The Balaban J connectivity index is 1.10. The highest BCUT2D eigenvalue weighted by Crippen LogP contribution is 2.76. The van der Waals surface area contributed by atoms with Gasteiger partial charge < -0.3 is 20.3 Å². The number of carboxylic acids is 1. The van der Waals surface area contributed by atoms with Crippen LogP contribution in [-0.4, -0.2) is 90.4 Å². The molecular weight excluding hydrogens is 713 g/mol. The molecule has 7 rings (SSSR count). The van der Waals surface area contributed by atoms with E-state index in [1.807, 2.05) is 20.8 Å². The van der Waals surface area contributed by atoms with E-state index in [9.17, 15) is 28.2 Å². The first-order valence-electron chi connectivity index (χ1n) is 21.9. The molecule has 7 aliphatic rings. The molecule has 0 aromatic rings. The van der Waals surface area contributed by atoms with Gasteiger partial charge in [0.05, 0.1) is 29.4 Å². The van der Waals surface area contributed by atoms with Crippen molar-refractivity contribution in [1.82, 2.24) is 10.2 Å². The smallest absolute Gasteiger partial charge is 0.309 e. The van der Waals surface area contributed by atoms with E-state index in [4.69, 9.17) is 4.74 Å². The summed E-state index contributed by atoms with van der Waals surface area (Å²) < 4.78 is 30.9. The SMILES string of the molecule is C=C(C)[C@@H]1CC[C@]2(NC[C@H]([C@H](C)O)N3CCS(=O)(=O)CC3)CC[C@]3(C)[C@H](CC[C@@H]4[C@@]5(C)CC[C@H](OC(=O)[C@@H]6C[C@H](C(=O)O)C6(C)C)C(C)(C)[C@@H]5CC[C@]43C)[C@@H]12. The van der Waals surface area contributed by atoms with Crippen molar-refractivity contribution in [3.63, 3.8) is 0 Å². The summed E-state index contributed by atoms with van der Waals surface area (Å²) in [5, 5.41) is 24.8. The Kier molecular flexibility index (Phi) is 10.4. The minimum atomic E-state index is -3.00. The summed E-state index contributed by atoms with van der Waals surface area (Å²) in [5.74, 6) is 0.964. The zero-order chi connectivity index (χ0) is 40.3. The lowest BCUT2D eigenvalue weighted by Crippen LogP contribution is -2.69. The number of fused-ring (bicyclic) bond motifs is 7. The molecule has 0 radical (unpaired) electrons. The average molecular weight is 787 g/mol. The number of hydrogen-bond acceptors (Lipinski definition) is 8. The molecule has 0 bridgehead atoms. The Labute approximate surface area is 332 Å². The number of carbonyl (C=O) groups excluding carboxylic acids is 1. The van der Waals surface area contributed by atoms with Crippen molar-refractivity contribution in [2.75, 3.05) is 31.1 Å². The van der Waals surface area contributed by atoms with E-state index in [1.54, 1.807) is 0 Å². The van der Waals surface area contributed by atoms with Crippen LogP contribution in [0.5, 0.6) is 0 Å². The van der Waals surface area contributed by atoms with Gasteiger partial charge in [-0.1, -0.05) is 60.6 Å². The lowest BCUT2D eigenvalue weighted by atomic mass is 9.32. The summed E-state index contributed by atoms with van der Waals surface area (Å²) in [5.41, 5.74) is 1.00. The Morgan fingerprint density at radius 1 is 0.855 bits per heavy atom. The summed E-state index contributed by atoms with van der Waals surface area (Å²) in [6, 6.07) is -0.120. The molecule has 0 amide bonds. The van der Waals surface area contributed by atoms with E-state index < -0.39 is 33.2 Å². The third kappa shape index (κ3) is 6.33. The lowest BCUT2D eigenvalue weighted by Gasteiger charge is -2.73. The first-order chi connectivity index (χ1) is 25.5. The van der Waals surface area contributed by atoms with Crippen LogP contribution in [0.4, 0.5) is 0 Å². The minimum Gasteiger partial charge on any atom is -0.481 e. The third-order valence-corrected chi connectivity index (χ3v) is 20.8. The van der Waals surface area contributed by atoms with Gasteiger partial charge in [-0.05, 0) is 136 Å². The number of nitrogens with zero attached hydrogens (tertiary/aromatic N) is 1. The highest BCUT2D eigenvalue weighted by molar-refractivity contribution is 7.91. The number of esters is 1. The fourth-order valence-corrected chi connectivity index (χ4v) is 16.8. The molecule has 312 valence electrons. The number of ether oxygens (including phenoxy) is 1. The lowest BCUT2D eigenvalue weighted by molar-refractivity contribution is -0.248. The number of nitrogens with one attached hydrogen (secondary N) is 1. The predicted octanol–water partition coefficient (Wildman–Crippen LogP) is 7.12. The van der Waals surface area contributed by atoms with Crippen LogP contribution in [0.2, 0.25) is 0 Å². The van der Waals surface area contributed by atoms with Gasteiger partial charge in [0, 0.05) is 36.6 Å². The molecule has 1 heterocycles. The number of carbonyl (C=O) groups is 2. The molecule has 10 heteroatoms. The van der Waals surface area contributed by atoms with Gasteiger partial charge in [-0.2, -0.15) is 0 Å². The van der Waals surface area contributed by atoms with Crippen LogP contribution in [0, 0.1) is 68.5 Å². The van der Waals surface area contributed by atoms with Gasteiger partial charge in [0.1, 0.15) is 6.10 Å². The zero-order valence-corrected chi connectivity index (χ0v) is 36.4. The average Bonchev–Trinajstić information content (AvgIpc) is 3.46. The van der Waals surface area contributed by atoms with Crippen molar-refractivity contribution in [1.29, 1.82) is 0 Å². The van der Waals surface area contributed by atoms with Crippen LogP contribution < -0.4 is 5.32 Å². The highest BCUT2D eigenvalue weighted by atomic mass is 32.2. The van der Waals surface area contributed by atoms with Gasteiger partial charge in [-0.3, -0.25) is 14.5 Å². The molecular formula is C45H74N2O7S. The highest BCUT2D eigenvalue weighted by Gasteiger charge is 2.71. The van der Waals surface area contributed by atoms with Crippen LogP contribution in [-0.2, 0) is 24.2 Å². The van der Waals surface area contributed by atoms with Gasteiger partial charge >= 0.3 is 11.9 Å². The predicted molar refractivity (Wildman–Crippen MR) is 216 cm³/mol. The summed E-state index contributed by atoms with van der Waals surface area (Å²) in [7, 11) is -3.00. The molecule has 0 unspecified atom stereocenters. The van der Waals surface area contributed by atoms with Gasteiger partial charge in [0.15, 0.2) is 9.84 Å². The fraction of sp³-hybridized carbons (Fsp3) is 0.911. The summed E-state index contributed by atoms with van der Waals surface area (Å²) in [6.45, 7) is 26.7. The number of allylic oxidation sites excluding steroid dienone is 1. The largest absolute Gasteiger partial charge is 0.481 e. The second kappa shape index (κ2) is 13.8. The second-order valence-corrected chi connectivity index (χ2v) is 24.3. The van der Waals surface area contributed by atoms with Gasteiger partial charge in [0.2, 0.25) is 0 Å². The van der Waals surface area contributed by atoms with Crippen LogP contribution in [0.15, 0.2) is 12.2 Å². The molecule has 6 saturated carbocycles. The van der Waals surface area contributed by atoms with E-state index in [2.05, 4.69) is 58.3 Å². The molecule has 55 heavy (non-hydrogen) atoms. The van der Waals surface area contributed by atoms with E-state index in [0.717, 1.165) is 38.5 Å². The molecule has 1 saturated heterocycles. The van der Waals surface area contributed by atoms with E-state index in [0.29, 0.717) is 55.6 Å². The molecule has 0 aromatic heterocycles. The number of aliphatic carboxylic acids is 1. The number of carboxylic acid groups (broad SMARTS) is 1.